The minimum absolute atomic E-state index is 0.459. The number of aryl methyl sites for hydroxylation is 1. The highest BCUT2D eigenvalue weighted by molar-refractivity contribution is 7.92. The summed E-state index contributed by atoms with van der Waals surface area (Å²) in [6.07, 6.45) is 2.41. The number of benzene rings is 1. The molecule has 0 bridgehead atoms. The maximum absolute atomic E-state index is 13.6. The van der Waals surface area contributed by atoms with Crippen molar-refractivity contribution in [3.05, 3.63) is 29.7 Å². The molecule has 1 aliphatic rings. The van der Waals surface area contributed by atoms with Crippen LogP contribution in [0.3, 0.4) is 0 Å². The summed E-state index contributed by atoms with van der Waals surface area (Å²) in [6.45, 7) is 21.3. The Morgan fingerprint density at radius 3 is 2.33 bits per heavy atom. The molecular formula is C30H47N7O4S. The molecule has 0 aliphatic carbocycles. The highest BCUT2D eigenvalue weighted by atomic mass is 32.2. The summed E-state index contributed by atoms with van der Waals surface area (Å²) >= 11 is -1.31. The molecule has 12 heteroatoms. The molecule has 232 valence electrons. The van der Waals surface area contributed by atoms with Gasteiger partial charge in [0.05, 0.1) is 31.9 Å². The zero-order valence-electron chi connectivity index (χ0n) is 26.0. The van der Waals surface area contributed by atoms with E-state index in [2.05, 4.69) is 35.3 Å². The van der Waals surface area contributed by atoms with Gasteiger partial charge in [0.2, 0.25) is 0 Å². The quantitative estimate of drug-likeness (QED) is 0.195. The highest BCUT2D eigenvalue weighted by Crippen LogP contribution is 2.37. The summed E-state index contributed by atoms with van der Waals surface area (Å²) in [5.74, 6) is 1.93. The van der Waals surface area contributed by atoms with Crippen LogP contribution in [0.2, 0.25) is 0 Å². The lowest BCUT2D eigenvalue weighted by Gasteiger charge is -2.34. The number of fused-ring (bicyclic) bond motifs is 1. The summed E-state index contributed by atoms with van der Waals surface area (Å²) in [4.78, 5) is 14.6. The zero-order valence-corrected chi connectivity index (χ0v) is 26.8. The Kier molecular flexibility index (Phi) is 11.8. The number of hydrogen-bond acceptors (Lipinski definition) is 10. The van der Waals surface area contributed by atoms with Gasteiger partial charge >= 0.3 is 0 Å². The van der Waals surface area contributed by atoms with Crippen LogP contribution in [0.5, 0.6) is 5.75 Å². The lowest BCUT2D eigenvalue weighted by molar-refractivity contribution is 0.0348. The molecule has 1 atom stereocenters. The number of H-pyrrole nitrogens is 1. The first-order valence-electron chi connectivity index (χ1n) is 14.9. The molecule has 0 saturated carbocycles. The molecule has 4 rings (SSSR count). The number of nitrogens with one attached hydrogen (secondary N) is 2. The number of piperazine rings is 1. The third-order valence-corrected chi connectivity index (χ3v) is 9.25. The molecule has 2 aromatic heterocycles. The monoisotopic (exact) mass is 601 g/mol. The van der Waals surface area contributed by atoms with Crippen LogP contribution in [0.15, 0.2) is 23.4 Å². The molecule has 1 aliphatic heterocycles. The van der Waals surface area contributed by atoms with Gasteiger partial charge in [-0.1, -0.05) is 0 Å². The van der Waals surface area contributed by atoms with Gasteiger partial charge in [-0.2, -0.15) is 5.10 Å². The SMILES string of the molecule is CCOCCOCCN1CCN(CCCOc2cc3ncnc(Nc4n[nH]c(C)c4C)c3cc2[S+]([O-])C(C)(C)C)CC1. The molecule has 1 saturated heterocycles. The molecular weight excluding hydrogens is 554 g/mol. The number of aromatic amines is 1. The Balaban J connectivity index is 1.35. The van der Waals surface area contributed by atoms with Crippen molar-refractivity contribution >= 4 is 33.7 Å². The number of ether oxygens (including phenoxy) is 3. The van der Waals surface area contributed by atoms with Crippen molar-refractivity contribution in [3.8, 4) is 5.75 Å². The predicted octanol–water partition coefficient (Wildman–Crippen LogP) is 4.06. The highest BCUT2D eigenvalue weighted by Gasteiger charge is 2.32. The standard InChI is InChI=1S/C30H47N7O4S/c1-7-39-17-18-40-16-14-37-12-10-36(11-13-37)9-8-15-41-26-20-25-24(19-27(26)42(38)30(4,5)6)29(32-21-31-25)33-28-22(2)23(3)34-35-28/h19-21H,7-18H2,1-6H3,(H2,31,32,33,34,35). The van der Waals surface area contributed by atoms with Gasteiger partial charge in [0.1, 0.15) is 16.9 Å². The van der Waals surface area contributed by atoms with Crippen LogP contribution in [-0.2, 0) is 20.6 Å². The second-order valence-corrected chi connectivity index (χ2v) is 13.8. The van der Waals surface area contributed by atoms with Crippen LogP contribution < -0.4 is 10.1 Å². The molecule has 0 spiro atoms. The fourth-order valence-corrected chi connectivity index (χ4v) is 5.92. The lowest BCUT2D eigenvalue weighted by atomic mass is 10.2. The smallest absolute Gasteiger partial charge is 0.195 e. The van der Waals surface area contributed by atoms with Crippen LogP contribution in [0, 0.1) is 13.8 Å². The van der Waals surface area contributed by atoms with Crippen molar-refractivity contribution < 1.29 is 18.8 Å². The van der Waals surface area contributed by atoms with Crippen LogP contribution in [0.1, 0.15) is 45.4 Å². The lowest BCUT2D eigenvalue weighted by Crippen LogP contribution is -2.47. The van der Waals surface area contributed by atoms with Gasteiger partial charge < -0.3 is 29.0 Å². The summed E-state index contributed by atoms with van der Waals surface area (Å²) in [7, 11) is 0. The second-order valence-electron chi connectivity index (χ2n) is 11.6. The van der Waals surface area contributed by atoms with Crippen molar-refractivity contribution in [1.82, 2.24) is 30.0 Å². The van der Waals surface area contributed by atoms with Crippen LogP contribution in [0.25, 0.3) is 10.9 Å². The van der Waals surface area contributed by atoms with E-state index in [4.69, 9.17) is 14.2 Å². The van der Waals surface area contributed by atoms with E-state index in [-0.39, 0.29) is 0 Å². The van der Waals surface area contributed by atoms with E-state index < -0.39 is 15.9 Å². The molecule has 2 N–H and O–H groups in total. The molecule has 1 fully saturated rings. The number of nitrogens with zero attached hydrogens (tertiary/aromatic N) is 5. The van der Waals surface area contributed by atoms with Gasteiger partial charge in [-0.05, 0) is 59.1 Å². The molecule has 1 unspecified atom stereocenters. The second kappa shape index (κ2) is 15.3. The van der Waals surface area contributed by atoms with E-state index in [1.807, 2.05) is 53.7 Å². The Hall–Kier alpha value is -2.48. The summed E-state index contributed by atoms with van der Waals surface area (Å²) in [5, 5.41) is 11.4. The van der Waals surface area contributed by atoms with Crippen LogP contribution in [0.4, 0.5) is 11.6 Å². The van der Waals surface area contributed by atoms with Gasteiger partial charge in [-0.25, -0.2) is 9.97 Å². The van der Waals surface area contributed by atoms with E-state index in [1.165, 1.54) is 6.33 Å². The number of anilines is 2. The summed E-state index contributed by atoms with van der Waals surface area (Å²) < 4.78 is 30.4. The normalized spacial score (nSPS) is 15.8. The predicted molar refractivity (Wildman–Crippen MR) is 167 cm³/mol. The molecule has 1 aromatic carbocycles. The van der Waals surface area contributed by atoms with Gasteiger partial charge in [0.15, 0.2) is 16.5 Å². The van der Waals surface area contributed by atoms with Crippen molar-refractivity contribution in [2.24, 2.45) is 0 Å². The summed E-state index contributed by atoms with van der Waals surface area (Å²) in [6, 6.07) is 3.79. The Labute approximate surface area is 252 Å². The first-order chi connectivity index (χ1) is 20.2. The van der Waals surface area contributed by atoms with E-state index in [0.717, 1.165) is 81.1 Å². The number of hydrogen-bond donors (Lipinski definition) is 2. The minimum Gasteiger partial charge on any atom is -0.611 e. The molecule has 3 aromatic rings. The van der Waals surface area contributed by atoms with Crippen LogP contribution >= 0.6 is 0 Å². The molecule has 42 heavy (non-hydrogen) atoms. The van der Waals surface area contributed by atoms with E-state index in [9.17, 15) is 4.55 Å². The fraction of sp³-hybridized carbons (Fsp3) is 0.633. The topological polar surface area (TPSA) is 124 Å². The molecule has 0 amide bonds. The summed E-state index contributed by atoms with van der Waals surface area (Å²) in [5.41, 5.74) is 2.73. The van der Waals surface area contributed by atoms with Crippen LogP contribution in [-0.4, -0.2) is 112 Å². The van der Waals surface area contributed by atoms with Crippen molar-refractivity contribution in [2.75, 3.05) is 77.6 Å². The Bertz CT molecular complexity index is 1270. The van der Waals surface area contributed by atoms with E-state index in [1.54, 1.807) is 0 Å². The van der Waals surface area contributed by atoms with Gasteiger partial charge in [-0.3, -0.25) is 10.00 Å². The minimum atomic E-state index is -1.31. The van der Waals surface area contributed by atoms with E-state index in [0.29, 0.717) is 42.1 Å². The first-order valence-corrected chi connectivity index (χ1v) is 16.0. The van der Waals surface area contributed by atoms with E-state index >= 15 is 0 Å². The first kappa shape index (κ1) is 32.4. The third kappa shape index (κ3) is 8.77. The Morgan fingerprint density at radius 2 is 1.67 bits per heavy atom. The maximum Gasteiger partial charge on any atom is 0.195 e. The Morgan fingerprint density at radius 1 is 0.952 bits per heavy atom. The van der Waals surface area contributed by atoms with Crippen molar-refractivity contribution in [3.63, 3.8) is 0 Å². The largest absolute Gasteiger partial charge is 0.611 e. The number of rotatable bonds is 15. The van der Waals surface area contributed by atoms with Crippen molar-refractivity contribution in [2.45, 2.75) is 57.6 Å². The number of aromatic nitrogens is 4. The van der Waals surface area contributed by atoms with Gasteiger partial charge in [0, 0.05) is 74.7 Å². The average molecular weight is 602 g/mol. The molecule has 11 nitrogen and oxygen atoms in total. The molecule has 0 radical (unpaired) electrons. The maximum atomic E-state index is 13.6. The zero-order chi connectivity index (χ0) is 30.1. The van der Waals surface area contributed by atoms with Gasteiger partial charge in [-0.15, -0.1) is 0 Å². The fourth-order valence-electron chi connectivity index (χ4n) is 4.73. The van der Waals surface area contributed by atoms with Crippen molar-refractivity contribution in [1.29, 1.82) is 0 Å². The average Bonchev–Trinajstić information content (AvgIpc) is 3.29. The van der Waals surface area contributed by atoms with Gasteiger partial charge in [0.25, 0.3) is 0 Å². The third-order valence-electron chi connectivity index (χ3n) is 7.42. The molecule has 3 heterocycles.